The average Bonchev–Trinajstić information content (AvgIpc) is 1.85. The fourth-order valence-electron chi connectivity index (χ4n) is 1.12. The average molecular weight is 141 g/mol. The standard InChI is InChI=1S/C7H11NO2/c8-4-5-1-6(9)3-7(10)2-5/h3,5,9H,1-2,4,8H2. The molecule has 0 amide bonds. The minimum Gasteiger partial charge on any atom is -0.512 e. The fourth-order valence-corrected chi connectivity index (χ4v) is 1.12. The highest BCUT2D eigenvalue weighted by molar-refractivity contribution is 5.91. The molecule has 0 aliphatic heterocycles. The van der Waals surface area contributed by atoms with Crippen molar-refractivity contribution in [3.63, 3.8) is 0 Å². The lowest BCUT2D eigenvalue weighted by Crippen LogP contribution is -2.21. The maximum Gasteiger partial charge on any atom is 0.159 e. The highest BCUT2D eigenvalue weighted by Crippen LogP contribution is 2.18. The molecule has 56 valence electrons. The molecule has 1 rings (SSSR count). The predicted molar refractivity (Wildman–Crippen MR) is 37.5 cm³/mol. The Kier molecular flexibility index (Phi) is 2.06. The van der Waals surface area contributed by atoms with Gasteiger partial charge < -0.3 is 10.8 Å². The summed E-state index contributed by atoms with van der Waals surface area (Å²) in [7, 11) is 0. The maximum atomic E-state index is 10.8. The van der Waals surface area contributed by atoms with Crippen LogP contribution in [0.2, 0.25) is 0 Å². The molecule has 0 aromatic rings. The zero-order valence-corrected chi connectivity index (χ0v) is 5.71. The molecule has 0 saturated carbocycles. The van der Waals surface area contributed by atoms with E-state index in [-0.39, 0.29) is 17.5 Å². The summed E-state index contributed by atoms with van der Waals surface area (Å²) in [5.41, 5.74) is 5.34. The van der Waals surface area contributed by atoms with E-state index in [0.717, 1.165) is 0 Å². The van der Waals surface area contributed by atoms with Crippen LogP contribution in [0.3, 0.4) is 0 Å². The van der Waals surface area contributed by atoms with Crippen LogP contribution in [0.15, 0.2) is 11.8 Å². The Labute approximate surface area is 59.5 Å². The molecule has 3 nitrogen and oxygen atoms in total. The van der Waals surface area contributed by atoms with E-state index in [9.17, 15) is 4.79 Å². The van der Waals surface area contributed by atoms with Crippen molar-refractivity contribution in [2.75, 3.05) is 6.54 Å². The normalized spacial score (nSPS) is 26.3. The van der Waals surface area contributed by atoms with Gasteiger partial charge in [-0.05, 0) is 12.5 Å². The number of hydrogen-bond acceptors (Lipinski definition) is 3. The third-order valence-electron chi connectivity index (χ3n) is 1.65. The van der Waals surface area contributed by atoms with Crippen molar-refractivity contribution < 1.29 is 9.90 Å². The monoisotopic (exact) mass is 141 g/mol. The Morgan fingerprint density at radius 3 is 2.90 bits per heavy atom. The summed E-state index contributed by atoms with van der Waals surface area (Å²) in [5, 5.41) is 8.97. The molecule has 0 radical (unpaired) electrons. The van der Waals surface area contributed by atoms with Gasteiger partial charge >= 0.3 is 0 Å². The molecule has 0 saturated heterocycles. The molecule has 0 aromatic heterocycles. The molecule has 1 aliphatic rings. The smallest absolute Gasteiger partial charge is 0.159 e. The fraction of sp³-hybridized carbons (Fsp3) is 0.571. The van der Waals surface area contributed by atoms with E-state index in [1.54, 1.807) is 0 Å². The van der Waals surface area contributed by atoms with Gasteiger partial charge in [-0.2, -0.15) is 0 Å². The number of rotatable bonds is 1. The van der Waals surface area contributed by atoms with Gasteiger partial charge in [0.05, 0.1) is 5.76 Å². The zero-order chi connectivity index (χ0) is 7.56. The first kappa shape index (κ1) is 7.28. The molecule has 0 fully saturated rings. The van der Waals surface area contributed by atoms with Crippen molar-refractivity contribution in [1.29, 1.82) is 0 Å². The van der Waals surface area contributed by atoms with Gasteiger partial charge in [0.25, 0.3) is 0 Å². The molecule has 0 heterocycles. The third-order valence-corrected chi connectivity index (χ3v) is 1.65. The second-order valence-corrected chi connectivity index (χ2v) is 2.61. The molecular weight excluding hydrogens is 130 g/mol. The van der Waals surface area contributed by atoms with Gasteiger partial charge in [0.15, 0.2) is 5.78 Å². The van der Waals surface area contributed by atoms with E-state index in [0.29, 0.717) is 19.4 Å². The minimum absolute atomic E-state index is 0.0146. The zero-order valence-electron chi connectivity index (χ0n) is 5.71. The molecule has 1 unspecified atom stereocenters. The van der Waals surface area contributed by atoms with Gasteiger partial charge in [-0.1, -0.05) is 0 Å². The Morgan fingerprint density at radius 2 is 2.40 bits per heavy atom. The van der Waals surface area contributed by atoms with Crippen molar-refractivity contribution in [3.8, 4) is 0 Å². The van der Waals surface area contributed by atoms with Crippen LogP contribution >= 0.6 is 0 Å². The number of aliphatic hydroxyl groups is 1. The maximum absolute atomic E-state index is 10.8. The SMILES string of the molecule is NCC1CC(=O)C=C(O)C1. The second kappa shape index (κ2) is 2.84. The van der Waals surface area contributed by atoms with E-state index in [4.69, 9.17) is 10.8 Å². The van der Waals surface area contributed by atoms with E-state index in [2.05, 4.69) is 0 Å². The van der Waals surface area contributed by atoms with Crippen LogP contribution in [0.1, 0.15) is 12.8 Å². The van der Waals surface area contributed by atoms with Gasteiger partial charge in [0, 0.05) is 18.9 Å². The highest BCUT2D eigenvalue weighted by atomic mass is 16.3. The van der Waals surface area contributed by atoms with Gasteiger partial charge in [-0.15, -0.1) is 0 Å². The van der Waals surface area contributed by atoms with Crippen LogP contribution in [0, 0.1) is 5.92 Å². The van der Waals surface area contributed by atoms with Gasteiger partial charge in [0.1, 0.15) is 0 Å². The molecule has 0 spiro atoms. The molecule has 10 heavy (non-hydrogen) atoms. The third kappa shape index (κ3) is 1.57. The van der Waals surface area contributed by atoms with E-state index in [1.165, 1.54) is 6.08 Å². The number of hydrogen-bond donors (Lipinski definition) is 2. The first-order chi connectivity index (χ1) is 4.72. The minimum atomic E-state index is -0.0146. The van der Waals surface area contributed by atoms with E-state index >= 15 is 0 Å². The Morgan fingerprint density at radius 1 is 1.70 bits per heavy atom. The van der Waals surface area contributed by atoms with Crippen LogP contribution in [-0.4, -0.2) is 17.4 Å². The summed E-state index contributed by atoms with van der Waals surface area (Å²) < 4.78 is 0. The van der Waals surface area contributed by atoms with Gasteiger partial charge in [-0.25, -0.2) is 0 Å². The van der Waals surface area contributed by atoms with Crippen LogP contribution in [0.5, 0.6) is 0 Å². The number of carbonyl (C=O) groups excluding carboxylic acids is 1. The highest BCUT2D eigenvalue weighted by Gasteiger charge is 2.18. The molecule has 3 heteroatoms. The number of nitrogens with two attached hydrogens (primary N) is 1. The number of ketones is 1. The number of allylic oxidation sites excluding steroid dienone is 2. The summed E-state index contributed by atoms with van der Waals surface area (Å²) in [6.07, 6.45) is 2.33. The van der Waals surface area contributed by atoms with Crippen LogP contribution in [0.25, 0.3) is 0 Å². The lowest BCUT2D eigenvalue weighted by molar-refractivity contribution is -0.116. The molecule has 0 aromatic carbocycles. The summed E-state index contributed by atoms with van der Waals surface area (Å²) in [4.78, 5) is 10.8. The molecule has 1 aliphatic carbocycles. The Bertz CT molecular complexity index is 174. The van der Waals surface area contributed by atoms with E-state index in [1.807, 2.05) is 0 Å². The summed E-state index contributed by atoms with van der Waals surface area (Å²) in [6, 6.07) is 0. The Hall–Kier alpha value is -0.830. The summed E-state index contributed by atoms with van der Waals surface area (Å²) in [6.45, 7) is 0.476. The number of carbonyl (C=O) groups is 1. The number of aliphatic hydroxyl groups excluding tert-OH is 1. The first-order valence-corrected chi connectivity index (χ1v) is 3.35. The van der Waals surface area contributed by atoms with Crippen LogP contribution in [0.4, 0.5) is 0 Å². The predicted octanol–water partition coefficient (Wildman–Crippen LogP) is 0.366. The van der Waals surface area contributed by atoms with Gasteiger partial charge in [-0.3, -0.25) is 4.79 Å². The van der Waals surface area contributed by atoms with E-state index < -0.39 is 0 Å². The molecule has 0 bridgehead atoms. The van der Waals surface area contributed by atoms with Crippen molar-refractivity contribution in [1.82, 2.24) is 0 Å². The van der Waals surface area contributed by atoms with Crippen molar-refractivity contribution >= 4 is 5.78 Å². The van der Waals surface area contributed by atoms with Crippen molar-refractivity contribution in [2.24, 2.45) is 11.7 Å². The molecular formula is C7H11NO2. The lowest BCUT2D eigenvalue weighted by atomic mass is 9.92. The van der Waals surface area contributed by atoms with Gasteiger partial charge in [0.2, 0.25) is 0 Å². The quantitative estimate of drug-likeness (QED) is 0.554. The molecule has 3 N–H and O–H groups in total. The second-order valence-electron chi connectivity index (χ2n) is 2.61. The van der Waals surface area contributed by atoms with Crippen molar-refractivity contribution in [2.45, 2.75) is 12.8 Å². The Balaban J connectivity index is 2.60. The largest absolute Gasteiger partial charge is 0.512 e. The van der Waals surface area contributed by atoms with Crippen LogP contribution in [-0.2, 0) is 4.79 Å². The van der Waals surface area contributed by atoms with Crippen molar-refractivity contribution in [3.05, 3.63) is 11.8 Å². The topological polar surface area (TPSA) is 63.3 Å². The first-order valence-electron chi connectivity index (χ1n) is 3.35. The summed E-state index contributed by atoms with van der Waals surface area (Å²) >= 11 is 0. The molecule has 1 atom stereocenters. The lowest BCUT2D eigenvalue weighted by Gasteiger charge is -2.16. The van der Waals surface area contributed by atoms with Crippen LogP contribution < -0.4 is 5.73 Å². The summed E-state index contributed by atoms with van der Waals surface area (Å²) in [5.74, 6) is 0.309.